The Bertz CT molecular complexity index is 1210. The molecule has 5 rings (SSSR count). The molecule has 1 unspecified atom stereocenters. The summed E-state index contributed by atoms with van der Waals surface area (Å²) in [5.41, 5.74) is 2.27. The van der Waals surface area contributed by atoms with E-state index in [0.717, 1.165) is 5.56 Å². The van der Waals surface area contributed by atoms with Gasteiger partial charge in [0.15, 0.2) is 11.6 Å². The number of hydrogen-bond donors (Lipinski definition) is 1. The van der Waals surface area contributed by atoms with E-state index in [1.54, 1.807) is 24.3 Å². The quantitative estimate of drug-likeness (QED) is 0.669. The predicted octanol–water partition coefficient (Wildman–Crippen LogP) is 2.30. The molecule has 2 aliphatic heterocycles. The van der Waals surface area contributed by atoms with Gasteiger partial charge in [-0.15, -0.1) is 0 Å². The number of halogens is 1. The van der Waals surface area contributed by atoms with Gasteiger partial charge in [-0.3, -0.25) is 24.7 Å². The molecule has 1 N–H and O–H groups in total. The molecular formula is C21H15FN4O4. The van der Waals surface area contributed by atoms with Gasteiger partial charge >= 0.3 is 0 Å². The van der Waals surface area contributed by atoms with Crippen LogP contribution in [0.5, 0.6) is 0 Å². The van der Waals surface area contributed by atoms with Gasteiger partial charge in [0, 0.05) is 36.4 Å². The number of nitrogens with zero attached hydrogens (tertiary/aromatic N) is 3. The van der Waals surface area contributed by atoms with E-state index in [4.69, 9.17) is 4.52 Å². The highest BCUT2D eigenvalue weighted by Crippen LogP contribution is 2.32. The zero-order valence-electron chi connectivity index (χ0n) is 15.6. The number of carbonyl (C=O) groups is 3. The number of hydrogen-bond acceptors (Lipinski definition) is 6. The molecule has 4 heterocycles. The van der Waals surface area contributed by atoms with E-state index in [2.05, 4.69) is 15.5 Å². The maximum Gasteiger partial charge on any atom is 0.255 e. The van der Waals surface area contributed by atoms with Crippen molar-refractivity contribution in [1.29, 1.82) is 0 Å². The first-order valence-electron chi connectivity index (χ1n) is 9.37. The fourth-order valence-electron chi connectivity index (χ4n) is 3.82. The van der Waals surface area contributed by atoms with Gasteiger partial charge in [0.05, 0.1) is 0 Å². The van der Waals surface area contributed by atoms with Gasteiger partial charge in [-0.05, 0) is 36.2 Å². The molecule has 0 saturated carbocycles. The van der Waals surface area contributed by atoms with Crippen molar-refractivity contribution in [3.63, 3.8) is 0 Å². The Kier molecular flexibility index (Phi) is 4.16. The fourth-order valence-corrected chi connectivity index (χ4v) is 3.82. The molecule has 30 heavy (non-hydrogen) atoms. The fraction of sp³-hybridized carbons (Fsp3) is 0.190. The summed E-state index contributed by atoms with van der Waals surface area (Å²) in [6.07, 6.45) is 1.97. The first-order chi connectivity index (χ1) is 14.5. The van der Waals surface area contributed by atoms with Crippen LogP contribution in [0.2, 0.25) is 0 Å². The van der Waals surface area contributed by atoms with Crippen molar-refractivity contribution >= 4 is 17.7 Å². The van der Waals surface area contributed by atoms with Crippen molar-refractivity contribution < 1.29 is 23.3 Å². The monoisotopic (exact) mass is 406 g/mol. The van der Waals surface area contributed by atoms with Crippen LogP contribution in [-0.4, -0.2) is 38.8 Å². The largest absolute Gasteiger partial charge is 0.356 e. The summed E-state index contributed by atoms with van der Waals surface area (Å²) in [5.74, 6) is -1.13. The maximum atomic E-state index is 13.9. The van der Waals surface area contributed by atoms with Gasteiger partial charge in [0.1, 0.15) is 17.4 Å². The first-order valence-corrected chi connectivity index (χ1v) is 9.37. The molecule has 150 valence electrons. The van der Waals surface area contributed by atoms with Crippen molar-refractivity contribution in [2.24, 2.45) is 0 Å². The lowest BCUT2D eigenvalue weighted by molar-refractivity contribution is -0.136. The SMILES string of the molecule is O=C1CCC(N2Cc3cc(-c4cc(-c5ncccc5F)no4)ccc3C2=O)C(=O)N1. The Morgan fingerprint density at radius 3 is 2.83 bits per heavy atom. The summed E-state index contributed by atoms with van der Waals surface area (Å²) in [5, 5.41) is 6.18. The standard InChI is InChI=1S/C21H15FN4O4/c22-14-2-1-7-23-19(14)15-9-17(30-25-15)11-3-4-13-12(8-11)10-26(21(13)29)16-5-6-18(27)24-20(16)28/h1-4,7-9,16H,5-6,10H2,(H,24,27,28). The number of carbonyl (C=O) groups excluding carboxylic acids is 3. The van der Waals surface area contributed by atoms with Gasteiger partial charge < -0.3 is 9.42 Å². The van der Waals surface area contributed by atoms with Crippen LogP contribution >= 0.6 is 0 Å². The number of piperidine rings is 1. The number of fused-ring (bicyclic) bond motifs is 1. The predicted molar refractivity (Wildman–Crippen MR) is 101 cm³/mol. The lowest BCUT2D eigenvalue weighted by Gasteiger charge is -2.29. The van der Waals surface area contributed by atoms with Crippen LogP contribution in [0.15, 0.2) is 47.1 Å². The lowest BCUT2D eigenvalue weighted by Crippen LogP contribution is -2.52. The number of imide groups is 1. The molecule has 3 amide bonds. The Morgan fingerprint density at radius 2 is 2.03 bits per heavy atom. The Labute approximate surface area is 169 Å². The second-order valence-corrected chi connectivity index (χ2v) is 7.18. The average Bonchev–Trinajstić information content (AvgIpc) is 3.34. The Balaban J connectivity index is 1.42. The topological polar surface area (TPSA) is 105 Å². The van der Waals surface area contributed by atoms with Crippen LogP contribution in [-0.2, 0) is 16.1 Å². The van der Waals surface area contributed by atoms with Gasteiger partial charge in [-0.2, -0.15) is 0 Å². The van der Waals surface area contributed by atoms with E-state index in [0.29, 0.717) is 23.3 Å². The zero-order valence-corrected chi connectivity index (χ0v) is 15.6. The summed E-state index contributed by atoms with van der Waals surface area (Å²) in [4.78, 5) is 41.8. The molecule has 2 aromatic heterocycles. The summed E-state index contributed by atoms with van der Waals surface area (Å²) >= 11 is 0. The van der Waals surface area contributed by atoms with Gasteiger partial charge in [-0.1, -0.05) is 11.2 Å². The van der Waals surface area contributed by atoms with Crippen molar-refractivity contribution in [3.8, 4) is 22.7 Å². The van der Waals surface area contributed by atoms with Gasteiger partial charge in [-0.25, -0.2) is 4.39 Å². The second-order valence-electron chi connectivity index (χ2n) is 7.18. The van der Waals surface area contributed by atoms with Crippen LogP contribution in [0, 0.1) is 5.82 Å². The molecule has 1 saturated heterocycles. The maximum absolute atomic E-state index is 13.9. The van der Waals surface area contributed by atoms with E-state index in [1.165, 1.54) is 23.2 Å². The third kappa shape index (κ3) is 2.95. The van der Waals surface area contributed by atoms with Crippen molar-refractivity contribution in [3.05, 3.63) is 59.5 Å². The summed E-state index contributed by atoms with van der Waals surface area (Å²) in [7, 11) is 0. The third-order valence-corrected chi connectivity index (χ3v) is 5.32. The van der Waals surface area contributed by atoms with E-state index < -0.39 is 17.8 Å². The van der Waals surface area contributed by atoms with Crippen molar-refractivity contribution in [2.45, 2.75) is 25.4 Å². The van der Waals surface area contributed by atoms with Gasteiger partial charge in [0.25, 0.3) is 5.91 Å². The smallest absolute Gasteiger partial charge is 0.255 e. The van der Waals surface area contributed by atoms with E-state index in [1.807, 2.05) is 0 Å². The highest BCUT2D eigenvalue weighted by atomic mass is 19.1. The van der Waals surface area contributed by atoms with Crippen LogP contribution in [0.3, 0.4) is 0 Å². The number of aromatic nitrogens is 2. The molecule has 1 fully saturated rings. The molecule has 3 aromatic rings. The van der Waals surface area contributed by atoms with Gasteiger partial charge in [0.2, 0.25) is 11.8 Å². The molecule has 1 aromatic carbocycles. The molecule has 0 aliphatic carbocycles. The lowest BCUT2D eigenvalue weighted by atomic mass is 10.0. The van der Waals surface area contributed by atoms with E-state index in [9.17, 15) is 18.8 Å². The number of pyridine rings is 1. The van der Waals surface area contributed by atoms with Crippen LogP contribution in [0.25, 0.3) is 22.7 Å². The molecule has 8 nitrogen and oxygen atoms in total. The highest BCUT2D eigenvalue weighted by molar-refractivity contribution is 6.05. The summed E-state index contributed by atoms with van der Waals surface area (Å²) < 4.78 is 19.3. The normalized spacial score (nSPS) is 18.5. The van der Waals surface area contributed by atoms with E-state index in [-0.39, 0.29) is 36.2 Å². The third-order valence-electron chi connectivity index (χ3n) is 5.32. The number of amides is 3. The second kappa shape index (κ2) is 6.87. The molecular weight excluding hydrogens is 391 g/mol. The summed E-state index contributed by atoms with van der Waals surface area (Å²) in [6.45, 7) is 0.254. The average molecular weight is 406 g/mol. The molecule has 0 spiro atoms. The van der Waals surface area contributed by atoms with Crippen LogP contribution < -0.4 is 5.32 Å². The molecule has 1 atom stereocenters. The number of nitrogens with one attached hydrogen (secondary N) is 1. The van der Waals surface area contributed by atoms with Crippen molar-refractivity contribution in [1.82, 2.24) is 20.4 Å². The molecule has 0 bridgehead atoms. The first kappa shape index (κ1) is 18.2. The Morgan fingerprint density at radius 1 is 1.17 bits per heavy atom. The van der Waals surface area contributed by atoms with Crippen LogP contribution in [0.4, 0.5) is 4.39 Å². The highest BCUT2D eigenvalue weighted by Gasteiger charge is 2.39. The molecule has 0 radical (unpaired) electrons. The zero-order chi connectivity index (χ0) is 20.8. The van der Waals surface area contributed by atoms with E-state index >= 15 is 0 Å². The summed E-state index contributed by atoms with van der Waals surface area (Å²) in [6, 6.07) is 8.87. The minimum atomic E-state index is -0.671. The number of rotatable bonds is 3. The number of benzene rings is 1. The minimum Gasteiger partial charge on any atom is -0.356 e. The molecule has 2 aliphatic rings. The van der Waals surface area contributed by atoms with Crippen LogP contribution in [0.1, 0.15) is 28.8 Å². The minimum absolute atomic E-state index is 0.0906. The van der Waals surface area contributed by atoms with Crippen molar-refractivity contribution in [2.75, 3.05) is 0 Å². The Hall–Kier alpha value is -3.88. The molecule has 9 heteroatoms.